The molecule has 1 rings (SSSR count). The molecule has 1 aliphatic heterocycles. The minimum Gasteiger partial charge on any atom is -0.376 e. The first-order chi connectivity index (χ1) is 23.4. The summed E-state index contributed by atoms with van der Waals surface area (Å²) in [4.78, 5) is 0. The highest BCUT2D eigenvalue weighted by Crippen LogP contribution is 2.22. The lowest BCUT2D eigenvalue weighted by atomic mass is 10.3. The van der Waals surface area contributed by atoms with Crippen molar-refractivity contribution in [2.75, 3.05) is 99.1 Å². The maximum absolute atomic E-state index is 6.16. The average Bonchev–Trinajstić information content (AvgIpc) is 3.42. The Balaban J connectivity index is 2.59. The average molecular weight is 693 g/mol. The summed E-state index contributed by atoms with van der Waals surface area (Å²) in [5, 5.41) is 0. The summed E-state index contributed by atoms with van der Waals surface area (Å²) < 4.78 is 65.8. The van der Waals surface area contributed by atoms with Crippen LogP contribution in [-0.2, 0) is 52.1 Å². The van der Waals surface area contributed by atoms with Gasteiger partial charge in [-0.25, -0.2) is 0 Å². The van der Waals surface area contributed by atoms with Gasteiger partial charge < -0.3 is 52.1 Å². The molecular weight excluding hydrogens is 620 g/mol. The molecule has 5 atom stereocenters. The standard InChI is InChI=1S/C37H72O11/c1-8-13-18-43-32(22-38-17-12-5)23-39-24-33(44-19-14-9-2)25-40-26-34(45-20-15-10-3)27-41-28-35(46-21-16-11-4)29-42-30-36-31-47-37(6,7)48-36/h12,32-36H,5,8-11,13-31H2,1-4,6-7H3. The SMILES string of the molecule is C=CCOCC(COCC(COCC(COCC(COCC1COC(C)(C)O1)OCCCC)OCCCC)OCCCC)OCCCC. The van der Waals surface area contributed by atoms with Gasteiger partial charge in [-0.3, -0.25) is 0 Å². The van der Waals surface area contributed by atoms with Gasteiger partial charge in [0, 0.05) is 26.4 Å². The van der Waals surface area contributed by atoms with Gasteiger partial charge in [-0.05, 0) is 39.5 Å². The van der Waals surface area contributed by atoms with Gasteiger partial charge in [0.05, 0.1) is 72.7 Å². The Hall–Kier alpha value is -0.700. The van der Waals surface area contributed by atoms with E-state index in [0.29, 0.717) is 99.1 Å². The van der Waals surface area contributed by atoms with Gasteiger partial charge >= 0.3 is 0 Å². The van der Waals surface area contributed by atoms with Crippen molar-refractivity contribution in [3.8, 4) is 0 Å². The molecule has 1 heterocycles. The normalized spacial score (nSPS) is 18.6. The molecule has 0 radical (unpaired) electrons. The first-order valence-electron chi connectivity index (χ1n) is 18.6. The summed E-state index contributed by atoms with van der Waals surface area (Å²) >= 11 is 0. The second kappa shape index (κ2) is 31.1. The van der Waals surface area contributed by atoms with Gasteiger partial charge in [0.15, 0.2) is 5.79 Å². The van der Waals surface area contributed by atoms with E-state index in [1.807, 2.05) is 13.8 Å². The molecule has 0 saturated carbocycles. The summed E-state index contributed by atoms with van der Waals surface area (Å²) in [5.74, 6) is -0.565. The van der Waals surface area contributed by atoms with Gasteiger partial charge in [-0.15, -0.1) is 6.58 Å². The maximum atomic E-state index is 6.16. The molecule has 286 valence electrons. The zero-order valence-corrected chi connectivity index (χ0v) is 31.4. The summed E-state index contributed by atoms with van der Waals surface area (Å²) in [7, 11) is 0. The number of rotatable bonds is 36. The van der Waals surface area contributed by atoms with Crippen LogP contribution in [0.4, 0.5) is 0 Å². The molecule has 0 aromatic carbocycles. The van der Waals surface area contributed by atoms with Crippen molar-refractivity contribution in [2.45, 2.75) is 129 Å². The molecule has 5 unspecified atom stereocenters. The lowest BCUT2D eigenvalue weighted by Gasteiger charge is -2.24. The molecule has 0 aromatic rings. The van der Waals surface area contributed by atoms with Crippen LogP contribution in [0.5, 0.6) is 0 Å². The molecule has 0 N–H and O–H groups in total. The highest BCUT2D eigenvalue weighted by atomic mass is 16.7. The molecule has 1 saturated heterocycles. The first-order valence-corrected chi connectivity index (χ1v) is 18.6. The first kappa shape index (κ1) is 45.3. The Bertz CT molecular complexity index is 711. The highest BCUT2D eigenvalue weighted by Gasteiger charge is 2.32. The van der Waals surface area contributed by atoms with Crippen LogP contribution in [0.2, 0.25) is 0 Å². The van der Waals surface area contributed by atoms with Crippen LogP contribution in [0, 0.1) is 0 Å². The summed E-state index contributed by atoms with van der Waals surface area (Å²) in [5.41, 5.74) is 0. The molecule has 0 aromatic heterocycles. The van der Waals surface area contributed by atoms with E-state index in [0.717, 1.165) is 51.4 Å². The molecule has 1 fully saturated rings. The Morgan fingerprint density at radius 3 is 1.25 bits per heavy atom. The molecule has 0 spiro atoms. The Labute approximate surface area is 292 Å². The summed E-state index contributed by atoms with van der Waals surface area (Å²) in [6.07, 6.45) is 9.12. The predicted molar refractivity (Wildman–Crippen MR) is 188 cm³/mol. The van der Waals surface area contributed by atoms with E-state index >= 15 is 0 Å². The third-order valence-electron chi connectivity index (χ3n) is 7.44. The molecule has 0 bridgehead atoms. The molecule has 1 aliphatic rings. The number of ether oxygens (including phenoxy) is 11. The highest BCUT2D eigenvalue weighted by molar-refractivity contribution is 4.71. The minimum absolute atomic E-state index is 0.0807. The van der Waals surface area contributed by atoms with Gasteiger partial charge in [-0.2, -0.15) is 0 Å². The monoisotopic (exact) mass is 693 g/mol. The van der Waals surface area contributed by atoms with Crippen LogP contribution in [0.1, 0.15) is 92.9 Å². The number of hydrogen-bond donors (Lipinski definition) is 0. The van der Waals surface area contributed by atoms with E-state index in [4.69, 9.17) is 52.1 Å². The number of hydrogen-bond acceptors (Lipinski definition) is 11. The van der Waals surface area contributed by atoms with Crippen molar-refractivity contribution < 1.29 is 52.1 Å². The number of unbranched alkanes of at least 4 members (excludes halogenated alkanes) is 4. The van der Waals surface area contributed by atoms with Gasteiger partial charge in [-0.1, -0.05) is 59.5 Å². The molecule has 48 heavy (non-hydrogen) atoms. The van der Waals surface area contributed by atoms with E-state index in [-0.39, 0.29) is 30.5 Å². The molecule has 0 aliphatic carbocycles. The largest absolute Gasteiger partial charge is 0.376 e. The van der Waals surface area contributed by atoms with Gasteiger partial charge in [0.25, 0.3) is 0 Å². The van der Waals surface area contributed by atoms with E-state index < -0.39 is 5.79 Å². The topological polar surface area (TPSA) is 102 Å². The lowest BCUT2D eigenvalue weighted by Crippen LogP contribution is -2.34. The van der Waals surface area contributed by atoms with Gasteiger partial charge in [0.2, 0.25) is 0 Å². The third-order valence-corrected chi connectivity index (χ3v) is 7.44. The zero-order chi connectivity index (χ0) is 35.1. The lowest BCUT2D eigenvalue weighted by molar-refractivity contribution is -0.148. The van der Waals surface area contributed by atoms with Crippen LogP contribution >= 0.6 is 0 Å². The fourth-order valence-corrected chi connectivity index (χ4v) is 4.61. The van der Waals surface area contributed by atoms with Crippen molar-refractivity contribution in [1.82, 2.24) is 0 Å². The second-order valence-corrected chi connectivity index (χ2v) is 12.8. The van der Waals surface area contributed by atoms with Crippen molar-refractivity contribution in [2.24, 2.45) is 0 Å². The molecule has 0 amide bonds. The van der Waals surface area contributed by atoms with Crippen molar-refractivity contribution in [3.05, 3.63) is 12.7 Å². The Morgan fingerprint density at radius 2 is 0.938 bits per heavy atom. The van der Waals surface area contributed by atoms with Gasteiger partial charge in [0.1, 0.15) is 30.5 Å². The second-order valence-electron chi connectivity index (χ2n) is 12.8. The minimum atomic E-state index is -0.565. The smallest absolute Gasteiger partial charge is 0.163 e. The van der Waals surface area contributed by atoms with E-state index in [1.165, 1.54) is 0 Å². The third kappa shape index (κ3) is 25.3. The van der Waals surface area contributed by atoms with Crippen molar-refractivity contribution in [3.63, 3.8) is 0 Å². The summed E-state index contributed by atoms with van der Waals surface area (Å²) in [6, 6.07) is 0. The van der Waals surface area contributed by atoms with E-state index in [2.05, 4.69) is 34.3 Å². The van der Waals surface area contributed by atoms with Crippen LogP contribution in [0.25, 0.3) is 0 Å². The quantitative estimate of drug-likeness (QED) is 0.0559. The Morgan fingerprint density at radius 1 is 0.583 bits per heavy atom. The fourth-order valence-electron chi connectivity index (χ4n) is 4.61. The van der Waals surface area contributed by atoms with E-state index in [9.17, 15) is 0 Å². The zero-order valence-electron chi connectivity index (χ0n) is 31.4. The Kier molecular flexibility index (Phi) is 29.3. The predicted octanol–water partition coefficient (Wildman–Crippen LogP) is 6.15. The van der Waals surface area contributed by atoms with Crippen LogP contribution in [-0.4, -0.2) is 135 Å². The van der Waals surface area contributed by atoms with Crippen LogP contribution < -0.4 is 0 Å². The maximum Gasteiger partial charge on any atom is 0.163 e. The molecule has 11 nitrogen and oxygen atoms in total. The van der Waals surface area contributed by atoms with Crippen molar-refractivity contribution in [1.29, 1.82) is 0 Å². The van der Waals surface area contributed by atoms with Crippen LogP contribution in [0.15, 0.2) is 12.7 Å². The van der Waals surface area contributed by atoms with E-state index in [1.54, 1.807) is 6.08 Å². The summed E-state index contributed by atoms with van der Waals surface area (Å²) in [6.45, 7) is 23.6. The van der Waals surface area contributed by atoms with Crippen LogP contribution in [0.3, 0.4) is 0 Å². The fraction of sp³-hybridized carbons (Fsp3) is 0.946. The van der Waals surface area contributed by atoms with Crippen molar-refractivity contribution >= 4 is 0 Å². The molecular formula is C37H72O11. The molecule has 11 heteroatoms.